The Morgan fingerprint density at radius 2 is 1.55 bits per heavy atom. The molecule has 0 saturated carbocycles. The molecular weight excluding hydrogens is 634 g/mol. The van der Waals surface area contributed by atoms with Gasteiger partial charge in [0.05, 0.1) is 12.6 Å². The fraction of sp³-hybridized carbons (Fsp3) is 0.676. The summed E-state index contributed by atoms with van der Waals surface area (Å²) in [6.45, 7) is 8.45. The Balaban J connectivity index is 2.00. The SMILES string of the molecule is CCN(C(=O)OCc1ccc(NC(=O)[C@H](CCCN)NC(=O)C(NC(=O)[C@H](CCCCN)NC(C)=O)C(C)C)cc1)[C@@H]1CC[C@H](OC)OC1. The lowest BCUT2D eigenvalue weighted by atomic mass is 10.0. The molecule has 1 fully saturated rings. The second-order valence-electron chi connectivity index (χ2n) is 12.5. The van der Waals surface area contributed by atoms with E-state index in [-0.39, 0.29) is 37.2 Å². The number of nitrogens with one attached hydrogen (secondary N) is 4. The molecule has 0 aromatic heterocycles. The van der Waals surface area contributed by atoms with Crippen LogP contribution in [0.25, 0.3) is 0 Å². The van der Waals surface area contributed by atoms with Crippen molar-refractivity contribution in [2.24, 2.45) is 17.4 Å². The van der Waals surface area contributed by atoms with E-state index in [0.717, 1.165) is 12.0 Å². The Labute approximate surface area is 289 Å². The van der Waals surface area contributed by atoms with Gasteiger partial charge in [-0.15, -0.1) is 0 Å². The molecule has 5 amide bonds. The molecule has 1 heterocycles. The van der Waals surface area contributed by atoms with Crippen LogP contribution in [0.5, 0.6) is 0 Å². The van der Waals surface area contributed by atoms with Crippen LogP contribution in [0.2, 0.25) is 0 Å². The summed E-state index contributed by atoms with van der Waals surface area (Å²) in [5.41, 5.74) is 12.5. The highest BCUT2D eigenvalue weighted by Crippen LogP contribution is 2.20. The van der Waals surface area contributed by atoms with Gasteiger partial charge in [0.25, 0.3) is 0 Å². The van der Waals surface area contributed by atoms with E-state index in [2.05, 4.69) is 21.3 Å². The molecular formula is C34H57N7O8. The van der Waals surface area contributed by atoms with Crippen molar-refractivity contribution in [1.82, 2.24) is 20.9 Å². The quantitative estimate of drug-likeness (QED) is 0.109. The molecule has 0 radical (unpaired) electrons. The maximum absolute atomic E-state index is 13.4. The first-order valence-electron chi connectivity index (χ1n) is 17.2. The van der Waals surface area contributed by atoms with Gasteiger partial charge in [-0.05, 0) is 82.2 Å². The number of amides is 5. The highest BCUT2D eigenvalue weighted by molar-refractivity contribution is 5.99. The predicted octanol–water partition coefficient (Wildman–Crippen LogP) is 1.73. The van der Waals surface area contributed by atoms with E-state index in [0.29, 0.717) is 64.0 Å². The smallest absolute Gasteiger partial charge is 0.410 e. The molecule has 1 aromatic rings. The average Bonchev–Trinajstić information content (AvgIpc) is 3.08. The molecule has 276 valence electrons. The number of nitrogens with two attached hydrogens (primary N) is 2. The normalized spacial score (nSPS) is 17.7. The van der Waals surface area contributed by atoms with Gasteiger partial charge in [-0.2, -0.15) is 0 Å². The van der Waals surface area contributed by atoms with Gasteiger partial charge in [0.2, 0.25) is 23.6 Å². The zero-order valence-corrected chi connectivity index (χ0v) is 29.6. The number of anilines is 1. The molecule has 8 N–H and O–H groups in total. The van der Waals surface area contributed by atoms with Gasteiger partial charge in [0.1, 0.15) is 24.7 Å². The molecule has 1 aliphatic heterocycles. The predicted molar refractivity (Wildman–Crippen MR) is 185 cm³/mol. The van der Waals surface area contributed by atoms with E-state index in [1.54, 1.807) is 50.1 Å². The summed E-state index contributed by atoms with van der Waals surface area (Å²) in [5.74, 6) is -2.13. The van der Waals surface area contributed by atoms with Crippen molar-refractivity contribution in [1.29, 1.82) is 0 Å². The monoisotopic (exact) mass is 691 g/mol. The number of hydrogen-bond acceptors (Lipinski definition) is 10. The highest BCUT2D eigenvalue weighted by Gasteiger charge is 2.32. The Morgan fingerprint density at radius 3 is 2.10 bits per heavy atom. The van der Waals surface area contributed by atoms with E-state index in [1.807, 2.05) is 6.92 Å². The Hall–Kier alpha value is -3.79. The van der Waals surface area contributed by atoms with Crippen LogP contribution in [0.4, 0.5) is 10.5 Å². The van der Waals surface area contributed by atoms with Crippen molar-refractivity contribution in [3.05, 3.63) is 29.8 Å². The Bertz CT molecular complexity index is 1190. The Kier molecular flexibility index (Phi) is 18.6. The van der Waals surface area contributed by atoms with Crippen LogP contribution in [0, 0.1) is 5.92 Å². The van der Waals surface area contributed by atoms with Gasteiger partial charge in [-0.3, -0.25) is 19.2 Å². The molecule has 0 aliphatic carbocycles. The minimum absolute atomic E-state index is 0.0468. The number of benzene rings is 1. The highest BCUT2D eigenvalue weighted by atomic mass is 16.7. The van der Waals surface area contributed by atoms with Crippen LogP contribution in [0.15, 0.2) is 24.3 Å². The number of carbonyl (C=O) groups excluding carboxylic acids is 5. The first-order chi connectivity index (χ1) is 23.4. The fourth-order valence-corrected chi connectivity index (χ4v) is 5.47. The second kappa shape index (κ2) is 22.0. The van der Waals surface area contributed by atoms with Crippen molar-refractivity contribution < 1.29 is 38.2 Å². The summed E-state index contributed by atoms with van der Waals surface area (Å²) in [7, 11) is 1.60. The van der Waals surface area contributed by atoms with Gasteiger partial charge in [-0.25, -0.2) is 4.79 Å². The number of unbranched alkanes of at least 4 members (excludes halogenated alkanes) is 1. The van der Waals surface area contributed by atoms with Crippen LogP contribution in [0.1, 0.15) is 78.2 Å². The maximum atomic E-state index is 13.4. The van der Waals surface area contributed by atoms with Crippen LogP contribution in [-0.4, -0.2) is 98.4 Å². The topological polar surface area (TPSA) is 216 Å². The zero-order valence-electron chi connectivity index (χ0n) is 29.6. The molecule has 49 heavy (non-hydrogen) atoms. The second-order valence-corrected chi connectivity index (χ2v) is 12.5. The van der Waals surface area contributed by atoms with Gasteiger partial charge < -0.3 is 51.8 Å². The molecule has 15 nitrogen and oxygen atoms in total. The number of ether oxygens (including phenoxy) is 3. The van der Waals surface area contributed by atoms with Gasteiger partial charge >= 0.3 is 6.09 Å². The van der Waals surface area contributed by atoms with E-state index in [4.69, 9.17) is 25.7 Å². The van der Waals surface area contributed by atoms with Crippen molar-refractivity contribution >= 4 is 35.4 Å². The molecule has 0 bridgehead atoms. The van der Waals surface area contributed by atoms with Crippen molar-refractivity contribution in [2.75, 3.05) is 38.7 Å². The summed E-state index contributed by atoms with van der Waals surface area (Å²) in [4.78, 5) is 66.1. The third-order valence-electron chi connectivity index (χ3n) is 8.29. The Morgan fingerprint density at radius 1 is 0.898 bits per heavy atom. The lowest BCUT2D eigenvalue weighted by Gasteiger charge is -2.35. The molecule has 1 saturated heterocycles. The molecule has 1 aromatic carbocycles. The molecule has 15 heteroatoms. The van der Waals surface area contributed by atoms with Crippen molar-refractivity contribution in [3.8, 4) is 0 Å². The third-order valence-corrected chi connectivity index (χ3v) is 8.29. The largest absolute Gasteiger partial charge is 0.445 e. The van der Waals surface area contributed by atoms with Crippen LogP contribution < -0.4 is 32.7 Å². The lowest BCUT2D eigenvalue weighted by Crippen LogP contribution is -2.57. The molecule has 1 unspecified atom stereocenters. The summed E-state index contributed by atoms with van der Waals surface area (Å²) in [6.07, 6.45) is 3.21. The fourth-order valence-electron chi connectivity index (χ4n) is 5.47. The molecule has 1 aliphatic rings. The summed E-state index contributed by atoms with van der Waals surface area (Å²) in [5, 5.41) is 11.0. The number of hydrogen-bond donors (Lipinski definition) is 6. The first kappa shape index (κ1) is 41.4. The van der Waals surface area contributed by atoms with E-state index >= 15 is 0 Å². The number of methoxy groups -OCH3 is 1. The molecule has 5 atom stereocenters. The van der Waals surface area contributed by atoms with Gasteiger partial charge in [-0.1, -0.05) is 26.0 Å². The minimum Gasteiger partial charge on any atom is -0.445 e. The average molecular weight is 692 g/mol. The number of nitrogens with zero attached hydrogens (tertiary/aromatic N) is 1. The summed E-state index contributed by atoms with van der Waals surface area (Å²) in [6, 6.07) is 4.06. The maximum Gasteiger partial charge on any atom is 0.410 e. The first-order valence-corrected chi connectivity index (χ1v) is 17.2. The third kappa shape index (κ3) is 14.3. The standard InChI is InChI=1S/C34H57N7O8/c1-6-41(26-16-17-29(47-5)48-21-26)34(46)49-20-24-12-14-25(15-13-24)38-31(43)28(11-9-19-36)39-33(45)30(22(2)3)40-32(44)27(37-23(4)42)10-7-8-18-35/h12-15,22,26-30H,6-11,16-21,35-36H2,1-5H3,(H,37,42)(H,38,43)(H,39,45)(H,40,44)/t26-,27+,28+,29-,30?/m1/s1. The van der Waals surface area contributed by atoms with Crippen LogP contribution >= 0.6 is 0 Å². The van der Waals surface area contributed by atoms with E-state index < -0.39 is 41.9 Å². The van der Waals surface area contributed by atoms with Crippen LogP contribution in [-0.2, 0) is 40.0 Å². The van der Waals surface area contributed by atoms with Gasteiger partial charge in [0.15, 0.2) is 6.29 Å². The zero-order chi connectivity index (χ0) is 36.3. The van der Waals surface area contributed by atoms with Crippen molar-refractivity contribution in [2.45, 2.75) is 110 Å². The van der Waals surface area contributed by atoms with Crippen LogP contribution in [0.3, 0.4) is 0 Å². The van der Waals surface area contributed by atoms with Gasteiger partial charge in [0, 0.05) is 32.7 Å². The number of likely N-dealkylation sites (N-methyl/N-ethyl adjacent to an activating group) is 1. The molecule has 0 spiro atoms. The summed E-state index contributed by atoms with van der Waals surface area (Å²) >= 11 is 0. The molecule has 2 rings (SSSR count). The van der Waals surface area contributed by atoms with E-state index in [1.165, 1.54) is 6.92 Å². The van der Waals surface area contributed by atoms with E-state index in [9.17, 15) is 24.0 Å². The number of rotatable bonds is 20. The lowest BCUT2D eigenvalue weighted by molar-refractivity contribution is -0.161. The summed E-state index contributed by atoms with van der Waals surface area (Å²) < 4.78 is 16.4. The van der Waals surface area contributed by atoms with Crippen molar-refractivity contribution in [3.63, 3.8) is 0 Å². The number of carbonyl (C=O) groups is 5. The minimum atomic E-state index is -0.954.